The lowest BCUT2D eigenvalue weighted by atomic mass is 10.2. The average molecular weight is 180 g/mol. The monoisotopic (exact) mass is 180 g/mol. The predicted molar refractivity (Wildman–Crippen MR) is 50.2 cm³/mol. The third kappa shape index (κ3) is 1.83. The van der Waals surface area contributed by atoms with Crippen LogP contribution in [0.4, 0.5) is 0 Å². The van der Waals surface area contributed by atoms with Gasteiger partial charge >= 0.3 is 0 Å². The highest BCUT2D eigenvalue weighted by Crippen LogP contribution is 2.26. The summed E-state index contributed by atoms with van der Waals surface area (Å²) in [6.07, 6.45) is 1.81. The molecule has 1 rings (SSSR count). The zero-order chi connectivity index (χ0) is 9.14. The third-order valence-electron chi connectivity index (χ3n) is 1.66. The Bertz CT molecular complexity index is 296. The van der Waals surface area contributed by atoms with Gasteiger partial charge in [0.15, 0.2) is 0 Å². The normalized spacial score (nSPS) is 12.9. The second-order valence-electron chi connectivity index (χ2n) is 3.11. The van der Waals surface area contributed by atoms with Crippen LogP contribution in [0, 0.1) is 11.3 Å². The molecule has 0 amide bonds. The van der Waals surface area contributed by atoms with Gasteiger partial charge < -0.3 is 0 Å². The molecule has 0 saturated carbocycles. The SMILES string of the molecule is CC(C)c1ncc(C(C)C#N)s1. The first-order chi connectivity index (χ1) is 5.65. The van der Waals surface area contributed by atoms with Crippen LogP contribution >= 0.6 is 11.3 Å². The maximum atomic E-state index is 8.66. The largest absolute Gasteiger partial charge is 0.249 e. The van der Waals surface area contributed by atoms with Crippen LogP contribution in [0.2, 0.25) is 0 Å². The molecule has 1 aromatic heterocycles. The second-order valence-corrected chi connectivity index (χ2v) is 4.20. The van der Waals surface area contributed by atoms with Crippen LogP contribution in [0.1, 0.15) is 42.5 Å². The summed E-state index contributed by atoms with van der Waals surface area (Å²) in [7, 11) is 0. The fourth-order valence-electron chi connectivity index (χ4n) is 0.831. The van der Waals surface area contributed by atoms with Crippen LogP contribution in [0.5, 0.6) is 0 Å². The van der Waals surface area contributed by atoms with Gasteiger partial charge in [-0.15, -0.1) is 11.3 Å². The molecule has 2 nitrogen and oxygen atoms in total. The molecule has 0 spiro atoms. The molecule has 3 heteroatoms. The zero-order valence-corrected chi connectivity index (χ0v) is 8.35. The minimum absolute atomic E-state index is 0.0185. The van der Waals surface area contributed by atoms with Crippen molar-refractivity contribution in [3.05, 3.63) is 16.1 Å². The second kappa shape index (κ2) is 3.68. The van der Waals surface area contributed by atoms with Gasteiger partial charge in [-0.1, -0.05) is 13.8 Å². The van der Waals surface area contributed by atoms with E-state index in [0.717, 1.165) is 9.88 Å². The Morgan fingerprint density at radius 3 is 2.58 bits per heavy atom. The van der Waals surface area contributed by atoms with Gasteiger partial charge in [-0.25, -0.2) is 4.98 Å². The molecule has 0 fully saturated rings. The molecule has 0 saturated heterocycles. The molecule has 1 aromatic rings. The molecule has 12 heavy (non-hydrogen) atoms. The Hall–Kier alpha value is -0.880. The topological polar surface area (TPSA) is 36.7 Å². The van der Waals surface area contributed by atoms with Gasteiger partial charge in [-0.3, -0.25) is 0 Å². The molecule has 0 aliphatic heterocycles. The summed E-state index contributed by atoms with van der Waals surface area (Å²) in [5, 5.41) is 9.78. The van der Waals surface area contributed by atoms with Crippen molar-refractivity contribution in [3.8, 4) is 6.07 Å². The highest BCUT2D eigenvalue weighted by atomic mass is 32.1. The minimum atomic E-state index is -0.0185. The van der Waals surface area contributed by atoms with Crippen molar-refractivity contribution in [3.63, 3.8) is 0 Å². The van der Waals surface area contributed by atoms with Crippen LogP contribution in [0.25, 0.3) is 0 Å². The first-order valence-corrected chi connectivity index (χ1v) is 4.82. The van der Waals surface area contributed by atoms with E-state index in [1.165, 1.54) is 0 Å². The van der Waals surface area contributed by atoms with E-state index in [9.17, 15) is 0 Å². The predicted octanol–water partition coefficient (Wildman–Crippen LogP) is 2.89. The van der Waals surface area contributed by atoms with Crippen molar-refractivity contribution >= 4 is 11.3 Å². The summed E-state index contributed by atoms with van der Waals surface area (Å²) in [6, 6.07) is 2.20. The van der Waals surface area contributed by atoms with Gasteiger partial charge in [0.2, 0.25) is 0 Å². The van der Waals surface area contributed by atoms with Crippen molar-refractivity contribution in [1.82, 2.24) is 4.98 Å². The van der Waals surface area contributed by atoms with Gasteiger partial charge in [-0.2, -0.15) is 5.26 Å². The molecular weight excluding hydrogens is 168 g/mol. The highest BCUT2D eigenvalue weighted by Gasteiger charge is 2.10. The summed E-state index contributed by atoms with van der Waals surface area (Å²) >= 11 is 1.64. The van der Waals surface area contributed by atoms with Gasteiger partial charge in [0, 0.05) is 17.0 Å². The van der Waals surface area contributed by atoms with E-state index < -0.39 is 0 Å². The number of hydrogen-bond acceptors (Lipinski definition) is 3. The number of thiazole rings is 1. The van der Waals surface area contributed by atoms with Gasteiger partial charge in [0.25, 0.3) is 0 Å². The van der Waals surface area contributed by atoms with E-state index in [4.69, 9.17) is 5.26 Å². The molecule has 0 aliphatic rings. The first kappa shape index (κ1) is 9.21. The number of aromatic nitrogens is 1. The summed E-state index contributed by atoms with van der Waals surface area (Å²) in [4.78, 5) is 5.32. The van der Waals surface area contributed by atoms with Crippen LogP contribution in [-0.4, -0.2) is 4.98 Å². The van der Waals surface area contributed by atoms with Crippen molar-refractivity contribution in [1.29, 1.82) is 5.26 Å². The van der Waals surface area contributed by atoms with E-state index in [2.05, 4.69) is 24.9 Å². The number of nitriles is 1. The molecule has 1 atom stereocenters. The maximum absolute atomic E-state index is 8.66. The summed E-state index contributed by atoms with van der Waals surface area (Å²) in [5.41, 5.74) is 0. The van der Waals surface area contributed by atoms with Crippen molar-refractivity contribution in [2.45, 2.75) is 32.6 Å². The van der Waals surface area contributed by atoms with E-state index in [0.29, 0.717) is 5.92 Å². The lowest BCUT2D eigenvalue weighted by molar-refractivity contribution is 0.852. The van der Waals surface area contributed by atoms with E-state index in [-0.39, 0.29) is 5.92 Å². The molecule has 0 aromatic carbocycles. The molecular formula is C9H12N2S. The van der Waals surface area contributed by atoms with Gasteiger partial charge in [0.05, 0.1) is 17.0 Å². The Labute approximate surface area is 76.9 Å². The summed E-state index contributed by atoms with van der Waals surface area (Å²) in [6.45, 7) is 6.12. The Balaban J connectivity index is 2.86. The Morgan fingerprint density at radius 1 is 1.50 bits per heavy atom. The van der Waals surface area contributed by atoms with Crippen LogP contribution in [0.15, 0.2) is 6.20 Å². The smallest absolute Gasteiger partial charge is 0.0953 e. The van der Waals surface area contributed by atoms with E-state index in [1.807, 2.05) is 13.1 Å². The van der Waals surface area contributed by atoms with Crippen molar-refractivity contribution in [2.75, 3.05) is 0 Å². The van der Waals surface area contributed by atoms with Gasteiger partial charge in [0.1, 0.15) is 0 Å². The number of rotatable bonds is 2. The molecule has 0 radical (unpaired) electrons. The van der Waals surface area contributed by atoms with Crippen LogP contribution in [0.3, 0.4) is 0 Å². The molecule has 64 valence electrons. The summed E-state index contributed by atoms with van der Waals surface area (Å²) < 4.78 is 0. The molecule has 1 unspecified atom stereocenters. The summed E-state index contributed by atoms with van der Waals surface area (Å²) in [5.74, 6) is 0.449. The highest BCUT2D eigenvalue weighted by molar-refractivity contribution is 7.11. The van der Waals surface area contributed by atoms with Crippen molar-refractivity contribution in [2.24, 2.45) is 0 Å². The van der Waals surface area contributed by atoms with Crippen molar-refractivity contribution < 1.29 is 0 Å². The molecule has 1 heterocycles. The fraction of sp³-hybridized carbons (Fsp3) is 0.556. The molecule has 0 aliphatic carbocycles. The van der Waals surface area contributed by atoms with E-state index >= 15 is 0 Å². The molecule has 0 N–H and O–H groups in total. The maximum Gasteiger partial charge on any atom is 0.0953 e. The van der Waals surface area contributed by atoms with Crippen LogP contribution in [-0.2, 0) is 0 Å². The number of nitrogens with zero attached hydrogens (tertiary/aromatic N) is 2. The lowest BCUT2D eigenvalue weighted by Crippen LogP contribution is -1.82. The molecule has 0 bridgehead atoms. The first-order valence-electron chi connectivity index (χ1n) is 4.00. The third-order valence-corrected chi connectivity index (χ3v) is 3.14. The average Bonchev–Trinajstić information content (AvgIpc) is 2.51. The Morgan fingerprint density at radius 2 is 2.17 bits per heavy atom. The standard InChI is InChI=1S/C9H12N2S/c1-6(2)9-11-5-8(12-9)7(3)4-10/h5-7H,1-3H3. The lowest BCUT2D eigenvalue weighted by Gasteiger charge is -1.96. The quantitative estimate of drug-likeness (QED) is 0.701. The minimum Gasteiger partial charge on any atom is -0.249 e. The van der Waals surface area contributed by atoms with E-state index in [1.54, 1.807) is 11.3 Å². The zero-order valence-electron chi connectivity index (χ0n) is 7.53. The van der Waals surface area contributed by atoms with Gasteiger partial charge in [-0.05, 0) is 6.92 Å². The van der Waals surface area contributed by atoms with Crippen LogP contribution < -0.4 is 0 Å². The number of hydrogen-bond donors (Lipinski definition) is 0. The Kier molecular flexibility index (Phi) is 2.83. The fourth-order valence-corrected chi connectivity index (χ4v) is 1.75.